The Kier molecular flexibility index (Phi) is 5.65. The molecule has 3 nitrogen and oxygen atoms in total. The number of aromatic carboxylic acids is 1. The number of carboxylic acid groups (broad SMARTS) is 1. The van der Waals surface area contributed by atoms with Gasteiger partial charge >= 0.3 is 5.97 Å². The maximum atomic E-state index is 10.6. The fourth-order valence-electron chi connectivity index (χ4n) is 1.15. The van der Waals surface area contributed by atoms with Crippen molar-refractivity contribution >= 4 is 30.0 Å². The van der Waals surface area contributed by atoms with Gasteiger partial charge in [0.15, 0.2) is 0 Å². The van der Waals surface area contributed by atoms with Crippen molar-refractivity contribution < 1.29 is 9.90 Å². The van der Waals surface area contributed by atoms with Gasteiger partial charge in [0.2, 0.25) is 0 Å². The maximum Gasteiger partial charge on any atom is 0.335 e. The number of carbonyl (C=O) groups is 1. The van der Waals surface area contributed by atoms with Crippen LogP contribution in [0.3, 0.4) is 0 Å². The molecule has 0 aliphatic rings. The average molecular weight is 250 g/mol. The molecule has 0 bridgehead atoms. The summed E-state index contributed by atoms with van der Waals surface area (Å²) in [5.41, 5.74) is 1.15. The molecule has 0 heterocycles. The van der Waals surface area contributed by atoms with Gasteiger partial charge < -0.3 is 10.0 Å². The number of halogens is 2. The highest BCUT2D eigenvalue weighted by Gasteiger charge is 2.07. The SMILES string of the molecule is CN(C)Cc1ccc(C(=O)O)cc1Cl.Cl. The molecule has 0 amide bonds. The first-order valence-electron chi connectivity index (χ1n) is 4.17. The van der Waals surface area contributed by atoms with Gasteiger partial charge in [-0.1, -0.05) is 17.7 Å². The van der Waals surface area contributed by atoms with Gasteiger partial charge in [0.05, 0.1) is 5.56 Å². The van der Waals surface area contributed by atoms with E-state index in [4.69, 9.17) is 16.7 Å². The Morgan fingerprint density at radius 2 is 2.07 bits per heavy atom. The van der Waals surface area contributed by atoms with Crippen molar-refractivity contribution in [3.63, 3.8) is 0 Å². The molecule has 0 atom stereocenters. The lowest BCUT2D eigenvalue weighted by molar-refractivity contribution is 0.0697. The standard InChI is InChI=1S/C10H12ClNO2.ClH/c1-12(2)6-8-4-3-7(10(13)14)5-9(8)11;/h3-5H,6H2,1-2H3,(H,13,14);1H. The number of nitrogens with zero attached hydrogens (tertiary/aromatic N) is 1. The van der Waals surface area contributed by atoms with Crippen LogP contribution in [0.15, 0.2) is 18.2 Å². The molecule has 0 aromatic heterocycles. The van der Waals surface area contributed by atoms with Gasteiger partial charge in [-0.2, -0.15) is 0 Å². The largest absolute Gasteiger partial charge is 0.478 e. The van der Waals surface area contributed by atoms with Crippen LogP contribution in [0.2, 0.25) is 5.02 Å². The lowest BCUT2D eigenvalue weighted by Crippen LogP contribution is -2.11. The summed E-state index contributed by atoms with van der Waals surface area (Å²) in [7, 11) is 3.86. The summed E-state index contributed by atoms with van der Waals surface area (Å²) in [5, 5.41) is 9.21. The summed E-state index contributed by atoms with van der Waals surface area (Å²) < 4.78 is 0. The molecule has 0 spiro atoms. The second-order valence-electron chi connectivity index (χ2n) is 3.35. The van der Waals surface area contributed by atoms with Gasteiger partial charge in [0.1, 0.15) is 0 Å². The van der Waals surface area contributed by atoms with Gasteiger partial charge in [-0.3, -0.25) is 0 Å². The Morgan fingerprint density at radius 3 is 2.47 bits per heavy atom. The fourth-order valence-corrected chi connectivity index (χ4v) is 1.39. The van der Waals surface area contributed by atoms with E-state index in [1.54, 1.807) is 12.1 Å². The zero-order valence-corrected chi connectivity index (χ0v) is 10.1. The predicted octanol–water partition coefficient (Wildman–Crippen LogP) is 2.52. The zero-order valence-electron chi connectivity index (χ0n) is 8.53. The van der Waals surface area contributed by atoms with E-state index in [0.29, 0.717) is 11.6 Å². The van der Waals surface area contributed by atoms with Crippen LogP contribution in [-0.2, 0) is 6.54 Å². The maximum absolute atomic E-state index is 10.6. The quantitative estimate of drug-likeness (QED) is 0.896. The minimum Gasteiger partial charge on any atom is -0.478 e. The lowest BCUT2D eigenvalue weighted by atomic mass is 10.1. The van der Waals surface area contributed by atoms with Crippen LogP contribution < -0.4 is 0 Å². The third-order valence-corrected chi connectivity index (χ3v) is 2.14. The first-order valence-corrected chi connectivity index (χ1v) is 4.55. The van der Waals surface area contributed by atoms with Crippen LogP contribution in [-0.4, -0.2) is 30.1 Å². The zero-order chi connectivity index (χ0) is 10.7. The van der Waals surface area contributed by atoms with E-state index in [2.05, 4.69) is 0 Å². The normalized spacial score (nSPS) is 9.87. The van der Waals surface area contributed by atoms with Crippen molar-refractivity contribution in [2.24, 2.45) is 0 Å². The van der Waals surface area contributed by atoms with Crippen molar-refractivity contribution in [1.29, 1.82) is 0 Å². The van der Waals surface area contributed by atoms with E-state index < -0.39 is 5.97 Å². The molecule has 5 heteroatoms. The minimum absolute atomic E-state index is 0. The summed E-state index contributed by atoms with van der Waals surface area (Å²) in [6, 6.07) is 4.78. The van der Waals surface area contributed by atoms with E-state index in [0.717, 1.165) is 5.56 Å². The topological polar surface area (TPSA) is 40.5 Å². The van der Waals surface area contributed by atoms with Crippen LogP contribution in [0.25, 0.3) is 0 Å². The number of carboxylic acids is 1. The van der Waals surface area contributed by atoms with Gasteiger partial charge in [-0.05, 0) is 31.8 Å². The lowest BCUT2D eigenvalue weighted by Gasteiger charge is -2.11. The van der Waals surface area contributed by atoms with Crippen LogP contribution in [0, 0.1) is 0 Å². The van der Waals surface area contributed by atoms with Gasteiger partial charge in [-0.25, -0.2) is 4.79 Å². The predicted molar refractivity (Wildman–Crippen MR) is 63.1 cm³/mol. The summed E-state index contributed by atoms with van der Waals surface area (Å²) in [5.74, 6) is -0.955. The number of benzene rings is 1. The third-order valence-electron chi connectivity index (χ3n) is 1.79. The summed E-state index contributed by atoms with van der Waals surface area (Å²) in [6.07, 6.45) is 0. The summed E-state index contributed by atoms with van der Waals surface area (Å²) in [4.78, 5) is 12.6. The molecule has 84 valence electrons. The van der Waals surface area contributed by atoms with Crippen LogP contribution >= 0.6 is 24.0 Å². The Morgan fingerprint density at radius 1 is 1.47 bits per heavy atom. The van der Waals surface area contributed by atoms with Crippen LogP contribution in [0.4, 0.5) is 0 Å². The average Bonchev–Trinajstić information content (AvgIpc) is 2.07. The molecule has 0 unspecified atom stereocenters. The van der Waals surface area contributed by atoms with Crippen molar-refractivity contribution in [3.8, 4) is 0 Å². The molecule has 0 aliphatic carbocycles. The molecule has 0 radical (unpaired) electrons. The van der Waals surface area contributed by atoms with E-state index in [9.17, 15) is 4.79 Å². The molecule has 1 aromatic carbocycles. The van der Waals surface area contributed by atoms with Crippen molar-refractivity contribution in [2.45, 2.75) is 6.54 Å². The Bertz CT molecular complexity index is 353. The number of hydrogen-bond donors (Lipinski definition) is 1. The van der Waals surface area contributed by atoms with Crippen LogP contribution in [0.1, 0.15) is 15.9 Å². The molecule has 15 heavy (non-hydrogen) atoms. The second kappa shape index (κ2) is 5.95. The van der Waals surface area contributed by atoms with Gasteiger partial charge in [0.25, 0.3) is 0 Å². The summed E-state index contributed by atoms with van der Waals surface area (Å²) in [6.45, 7) is 0.707. The van der Waals surface area contributed by atoms with Crippen molar-refractivity contribution in [2.75, 3.05) is 14.1 Å². The van der Waals surface area contributed by atoms with E-state index in [-0.39, 0.29) is 18.0 Å². The monoisotopic (exact) mass is 249 g/mol. The van der Waals surface area contributed by atoms with E-state index in [1.165, 1.54) is 6.07 Å². The highest BCUT2D eigenvalue weighted by atomic mass is 35.5. The Hall–Kier alpha value is -0.770. The van der Waals surface area contributed by atoms with Crippen LogP contribution in [0.5, 0.6) is 0 Å². The highest BCUT2D eigenvalue weighted by Crippen LogP contribution is 2.18. The molecule has 0 aliphatic heterocycles. The third kappa shape index (κ3) is 4.08. The molecule has 0 saturated carbocycles. The molecule has 1 aromatic rings. The summed E-state index contributed by atoms with van der Waals surface area (Å²) >= 11 is 5.93. The molecule has 1 rings (SSSR count). The number of hydrogen-bond acceptors (Lipinski definition) is 2. The van der Waals surface area contributed by atoms with Crippen molar-refractivity contribution in [1.82, 2.24) is 4.90 Å². The Balaban J connectivity index is 0.00000196. The smallest absolute Gasteiger partial charge is 0.335 e. The fraction of sp³-hybridized carbons (Fsp3) is 0.300. The van der Waals surface area contributed by atoms with E-state index in [1.807, 2.05) is 19.0 Å². The molecular weight excluding hydrogens is 237 g/mol. The van der Waals surface area contributed by atoms with Gasteiger partial charge in [0, 0.05) is 11.6 Å². The first kappa shape index (κ1) is 14.2. The highest BCUT2D eigenvalue weighted by molar-refractivity contribution is 6.31. The van der Waals surface area contributed by atoms with Gasteiger partial charge in [-0.15, -0.1) is 12.4 Å². The number of rotatable bonds is 3. The molecule has 0 saturated heterocycles. The Labute approximate surface area is 100 Å². The molecule has 1 N–H and O–H groups in total. The second-order valence-corrected chi connectivity index (χ2v) is 3.76. The molecular formula is C10H13Cl2NO2. The first-order chi connectivity index (χ1) is 6.50. The van der Waals surface area contributed by atoms with Crippen molar-refractivity contribution in [3.05, 3.63) is 34.3 Å². The molecule has 0 fully saturated rings. The van der Waals surface area contributed by atoms with E-state index >= 15 is 0 Å². The minimum atomic E-state index is -0.955.